The van der Waals surface area contributed by atoms with Crippen LogP contribution in [0.4, 0.5) is 0 Å². The lowest BCUT2D eigenvalue weighted by molar-refractivity contribution is -0.134. The Labute approximate surface area is 166 Å². The topological polar surface area (TPSA) is 52.7 Å². The molecule has 0 aromatic heterocycles. The first kappa shape index (κ1) is 18.8. The standard InChI is InChI=1S/C21H28ClN3O2/c1-14(2)18-20(27)25(13-15-3-4-15)21(23-18)9-11-24(12-10-21)19(26)16-5-7-17(22)8-6-16/h5-8,14-15,18,23H,3-4,9-13H2,1-2H3/t18-/m1/s1. The van der Waals surface area contributed by atoms with E-state index in [0.29, 0.717) is 29.6 Å². The van der Waals surface area contributed by atoms with Crippen LogP contribution in [0.25, 0.3) is 0 Å². The summed E-state index contributed by atoms with van der Waals surface area (Å²) in [4.78, 5) is 29.8. The van der Waals surface area contributed by atoms with E-state index in [0.717, 1.165) is 19.4 Å². The van der Waals surface area contributed by atoms with Crippen LogP contribution >= 0.6 is 11.6 Å². The van der Waals surface area contributed by atoms with Crippen LogP contribution in [0.2, 0.25) is 5.02 Å². The quantitative estimate of drug-likeness (QED) is 0.860. The van der Waals surface area contributed by atoms with E-state index in [4.69, 9.17) is 11.6 Å². The molecule has 27 heavy (non-hydrogen) atoms. The van der Waals surface area contributed by atoms with Gasteiger partial charge in [0, 0.05) is 43.1 Å². The summed E-state index contributed by atoms with van der Waals surface area (Å²) in [5, 5.41) is 4.30. The zero-order chi connectivity index (χ0) is 19.2. The molecule has 0 radical (unpaired) electrons. The number of nitrogens with zero attached hydrogens (tertiary/aromatic N) is 2. The molecule has 1 aromatic rings. The largest absolute Gasteiger partial charge is 0.338 e. The van der Waals surface area contributed by atoms with Gasteiger partial charge in [-0.2, -0.15) is 0 Å². The molecule has 1 aromatic carbocycles. The molecule has 0 unspecified atom stereocenters. The molecule has 1 N–H and O–H groups in total. The van der Waals surface area contributed by atoms with Crippen molar-refractivity contribution >= 4 is 23.4 Å². The monoisotopic (exact) mass is 389 g/mol. The Balaban J connectivity index is 1.47. The molecule has 146 valence electrons. The van der Waals surface area contributed by atoms with Gasteiger partial charge >= 0.3 is 0 Å². The molecule has 1 saturated carbocycles. The summed E-state index contributed by atoms with van der Waals surface area (Å²) in [5.41, 5.74) is 0.381. The van der Waals surface area contributed by atoms with Gasteiger partial charge in [-0.25, -0.2) is 0 Å². The van der Waals surface area contributed by atoms with Crippen LogP contribution in [0.5, 0.6) is 0 Å². The molecule has 1 aliphatic carbocycles. The first-order chi connectivity index (χ1) is 12.9. The van der Waals surface area contributed by atoms with E-state index in [9.17, 15) is 9.59 Å². The van der Waals surface area contributed by atoms with Gasteiger partial charge in [0.2, 0.25) is 5.91 Å². The number of likely N-dealkylation sites (tertiary alicyclic amines) is 1. The minimum Gasteiger partial charge on any atom is -0.338 e. The summed E-state index contributed by atoms with van der Waals surface area (Å²) in [7, 11) is 0. The first-order valence-corrected chi connectivity index (χ1v) is 10.4. The molecule has 2 heterocycles. The number of hydrogen-bond donors (Lipinski definition) is 1. The van der Waals surface area contributed by atoms with Crippen LogP contribution in [-0.2, 0) is 4.79 Å². The van der Waals surface area contributed by atoms with Gasteiger partial charge in [-0.05, 0) is 48.9 Å². The fourth-order valence-electron chi connectivity index (χ4n) is 4.35. The van der Waals surface area contributed by atoms with Gasteiger partial charge in [0.25, 0.3) is 5.91 Å². The zero-order valence-electron chi connectivity index (χ0n) is 16.1. The van der Waals surface area contributed by atoms with Gasteiger partial charge in [-0.3, -0.25) is 14.9 Å². The van der Waals surface area contributed by atoms with Crippen LogP contribution in [0.3, 0.4) is 0 Å². The second-order valence-electron chi connectivity index (χ2n) is 8.59. The Kier molecular flexibility index (Phi) is 4.93. The van der Waals surface area contributed by atoms with E-state index in [2.05, 4.69) is 24.1 Å². The lowest BCUT2D eigenvalue weighted by Gasteiger charge is -2.45. The second kappa shape index (κ2) is 7.10. The van der Waals surface area contributed by atoms with Crippen LogP contribution < -0.4 is 5.32 Å². The average molecular weight is 390 g/mol. The normalized spacial score (nSPS) is 24.9. The number of amides is 2. The van der Waals surface area contributed by atoms with E-state index in [-0.39, 0.29) is 29.4 Å². The Morgan fingerprint density at radius 2 is 1.85 bits per heavy atom. The summed E-state index contributed by atoms with van der Waals surface area (Å²) in [6, 6.07) is 6.95. The maximum atomic E-state index is 13.0. The van der Waals surface area contributed by atoms with Crippen molar-refractivity contribution in [3.63, 3.8) is 0 Å². The highest BCUT2D eigenvalue weighted by molar-refractivity contribution is 6.30. The van der Waals surface area contributed by atoms with Crippen molar-refractivity contribution in [1.29, 1.82) is 0 Å². The molecule has 3 aliphatic rings. The second-order valence-corrected chi connectivity index (χ2v) is 9.03. The average Bonchev–Trinajstić information content (AvgIpc) is 3.44. The smallest absolute Gasteiger partial charge is 0.253 e. The first-order valence-electron chi connectivity index (χ1n) is 10.0. The lowest BCUT2D eigenvalue weighted by atomic mass is 9.94. The Hall–Kier alpha value is -1.59. The highest BCUT2D eigenvalue weighted by Gasteiger charge is 2.53. The van der Waals surface area contributed by atoms with Crippen LogP contribution in [-0.4, -0.2) is 53.0 Å². The van der Waals surface area contributed by atoms with E-state index >= 15 is 0 Å². The minimum atomic E-state index is -0.286. The number of carbonyl (C=O) groups is 2. The number of nitrogens with one attached hydrogen (secondary N) is 1. The van der Waals surface area contributed by atoms with E-state index < -0.39 is 0 Å². The van der Waals surface area contributed by atoms with Gasteiger partial charge in [-0.15, -0.1) is 0 Å². The molecule has 0 bridgehead atoms. The van der Waals surface area contributed by atoms with Gasteiger partial charge in [0.1, 0.15) is 0 Å². The number of hydrogen-bond acceptors (Lipinski definition) is 3. The highest BCUT2D eigenvalue weighted by atomic mass is 35.5. The Morgan fingerprint density at radius 3 is 2.41 bits per heavy atom. The van der Waals surface area contributed by atoms with Crippen molar-refractivity contribution in [2.75, 3.05) is 19.6 Å². The fraction of sp³-hybridized carbons (Fsp3) is 0.619. The number of carbonyl (C=O) groups excluding carboxylic acids is 2. The van der Waals surface area contributed by atoms with Gasteiger partial charge in [-0.1, -0.05) is 25.4 Å². The minimum absolute atomic E-state index is 0.0417. The third kappa shape index (κ3) is 3.59. The maximum Gasteiger partial charge on any atom is 0.253 e. The highest BCUT2D eigenvalue weighted by Crippen LogP contribution is 2.39. The SMILES string of the molecule is CC(C)[C@H]1NC2(CCN(C(=O)c3ccc(Cl)cc3)CC2)N(CC2CC2)C1=O. The molecule has 3 fully saturated rings. The predicted molar refractivity (Wildman–Crippen MR) is 106 cm³/mol. The number of benzene rings is 1. The molecule has 5 nitrogen and oxygen atoms in total. The van der Waals surface area contributed by atoms with Crippen molar-refractivity contribution in [1.82, 2.24) is 15.1 Å². The molecule has 2 saturated heterocycles. The Morgan fingerprint density at radius 1 is 1.22 bits per heavy atom. The number of rotatable bonds is 4. The molecule has 1 spiro atoms. The third-order valence-corrected chi connectivity index (χ3v) is 6.50. The van der Waals surface area contributed by atoms with Crippen molar-refractivity contribution < 1.29 is 9.59 Å². The van der Waals surface area contributed by atoms with Gasteiger partial charge in [0.05, 0.1) is 11.7 Å². The van der Waals surface area contributed by atoms with E-state index in [1.165, 1.54) is 12.8 Å². The third-order valence-electron chi connectivity index (χ3n) is 6.25. The summed E-state index contributed by atoms with van der Waals surface area (Å²) >= 11 is 5.93. The fourth-order valence-corrected chi connectivity index (χ4v) is 4.48. The molecular formula is C21H28ClN3O2. The summed E-state index contributed by atoms with van der Waals surface area (Å²) in [6.07, 6.45) is 4.03. The number of halogens is 1. The van der Waals surface area contributed by atoms with Gasteiger partial charge in [0.15, 0.2) is 0 Å². The predicted octanol–water partition coefficient (Wildman–Crippen LogP) is 3.14. The molecular weight excluding hydrogens is 362 g/mol. The Bertz CT molecular complexity index is 721. The molecule has 1 atom stereocenters. The maximum absolute atomic E-state index is 13.0. The van der Waals surface area contributed by atoms with E-state index in [1.54, 1.807) is 24.3 Å². The lowest BCUT2D eigenvalue weighted by Crippen LogP contribution is -2.60. The van der Waals surface area contributed by atoms with Crippen molar-refractivity contribution in [2.24, 2.45) is 11.8 Å². The zero-order valence-corrected chi connectivity index (χ0v) is 16.8. The van der Waals surface area contributed by atoms with Crippen LogP contribution in [0.15, 0.2) is 24.3 Å². The summed E-state index contributed by atoms with van der Waals surface area (Å²) < 4.78 is 0. The van der Waals surface area contributed by atoms with Crippen LogP contribution in [0.1, 0.15) is 49.9 Å². The molecule has 2 aliphatic heterocycles. The van der Waals surface area contributed by atoms with Crippen LogP contribution in [0, 0.1) is 11.8 Å². The van der Waals surface area contributed by atoms with Crippen molar-refractivity contribution in [3.05, 3.63) is 34.9 Å². The molecule has 4 rings (SSSR count). The molecule has 2 amide bonds. The number of piperidine rings is 1. The summed E-state index contributed by atoms with van der Waals surface area (Å²) in [5.74, 6) is 1.22. The van der Waals surface area contributed by atoms with Gasteiger partial charge < -0.3 is 9.80 Å². The van der Waals surface area contributed by atoms with E-state index in [1.807, 2.05) is 4.90 Å². The summed E-state index contributed by atoms with van der Waals surface area (Å²) in [6.45, 7) is 6.38. The molecule has 6 heteroatoms. The van der Waals surface area contributed by atoms with Crippen molar-refractivity contribution in [3.8, 4) is 0 Å². The van der Waals surface area contributed by atoms with Crippen molar-refractivity contribution in [2.45, 2.75) is 51.2 Å².